The van der Waals surface area contributed by atoms with Gasteiger partial charge in [-0.2, -0.15) is 0 Å². The van der Waals surface area contributed by atoms with Crippen LogP contribution in [-0.4, -0.2) is 19.0 Å². The lowest BCUT2D eigenvalue weighted by Crippen LogP contribution is -2.27. The molecule has 0 radical (unpaired) electrons. The van der Waals surface area contributed by atoms with Crippen molar-refractivity contribution in [3.8, 4) is 0 Å². The average molecular weight is 254 g/mol. The third-order valence-corrected chi connectivity index (χ3v) is 4.28. The highest BCUT2D eigenvalue weighted by atomic mass is 16.1. The number of hydrogen-bond acceptors (Lipinski definition) is 2. The molecular weight excluding hydrogens is 224 g/mol. The smallest absolute Gasteiger partial charge is 0.220 e. The predicted molar refractivity (Wildman–Crippen MR) is 76.2 cm³/mol. The molecule has 1 saturated carbocycles. The van der Waals surface area contributed by atoms with Crippen molar-refractivity contribution in [3.05, 3.63) is 0 Å². The van der Waals surface area contributed by atoms with E-state index in [2.05, 4.69) is 19.2 Å². The van der Waals surface area contributed by atoms with E-state index in [1.54, 1.807) is 0 Å². The van der Waals surface area contributed by atoms with Crippen LogP contribution in [-0.2, 0) is 4.79 Å². The minimum atomic E-state index is 0.194. The molecule has 0 saturated heterocycles. The number of carbonyl (C=O) groups excluding carboxylic acids is 1. The van der Waals surface area contributed by atoms with Crippen molar-refractivity contribution in [2.75, 3.05) is 13.1 Å². The van der Waals surface area contributed by atoms with Gasteiger partial charge in [0.25, 0.3) is 0 Å². The van der Waals surface area contributed by atoms with Crippen LogP contribution in [0.25, 0.3) is 0 Å². The monoisotopic (exact) mass is 254 g/mol. The lowest BCUT2D eigenvalue weighted by atomic mass is 9.81. The first-order valence-corrected chi connectivity index (χ1v) is 7.58. The summed E-state index contributed by atoms with van der Waals surface area (Å²) in [5.74, 6) is 2.40. The molecule has 3 nitrogen and oxygen atoms in total. The molecule has 0 bridgehead atoms. The second-order valence-electron chi connectivity index (χ2n) is 6.14. The van der Waals surface area contributed by atoms with Crippen LogP contribution >= 0.6 is 0 Å². The first-order valence-electron chi connectivity index (χ1n) is 7.58. The normalized spacial score (nSPS) is 25.7. The van der Waals surface area contributed by atoms with Gasteiger partial charge in [0.05, 0.1) is 0 Å². The van der Waals surface area contributed by atoms with Crippen LogP contribution in [0.3, 0.4) is 0 Å². The molecule has 0 aromatic rings. The lowest BCUT2D eigenvalue weighted by Gasteiger charge is -2.26. The molecule has 1 atom stereocenters. The van der Waals surface area contributed by atoms with E-state index >= 15 is 0 Å². The molecule has 1 fully saturated rings. The molecule has 3 heteroatoms. The van der Waals surface area contributed by atoms with Gasteiger partial charge in [0.1, 0.15) is 0 Å². The summed E-state index contributed by atoms with van der Waals surface area (Å²) >= 11 is 0. The number of carbonyl (C=O) groups is 1. The molecular formula is C15H30N2O. The second kappa shape index (κ2) is 8.52. The van der Waals surface area contributed by atoms with Crippen molar-refractivity contribution in [3.63, 3.8) is 0 Å². The molecule has 0 aromatic heterocycles. The van der Waals surface area contributed by atoms with E-state index in [1.807, 2.05) is 0 Å². The summed E-state index contributed by atoms with van der Waals surface area (Å²) < 4.78 is 0. The molecule has 1 unspecified atom stereocenters. The van der Waals surface area contributed by atoms with Crippen molar-refractivity contribution in [1.29, 1.82) is 0 Å². The summed E-state index contributed by atoms with van der Waals surface area (Å²) in [5.41, 5.74) is 5.54. The average Bonchev–Trinajstić information content (AvgIpc) is 2.38. The maximum absolute atomic E-state index is 11.6. The van der Waals surface area contributed by atoms with Gasteiger partial charge in [0, 0.05) is 13.0 Å². The quantitative estimate of drug-likeness (QED) is 0.734. The number of rotatable bonds is 7. The number of amides is 1. The molecule has 18 heavy (non-hydrogen) atoms. The van der Waals surface area contributed by atoms with Crippen LogP contribution in [0.15, 0.2) is 0 Å². The first kappa shape index (κ1) is 15.5. The molecule has 1 amide bonds. The van der Waals surface area contributed by atoms with Crippen molar-refractivity contribution in [2.24, 2.45) is 23.5 Å². The Morgan fingerprint density at radius 1 is 1.33 bits per heavy atom. The fraction of sp³-hybridized carbons (Fsp3) is 0.933. The summed E-state index contributed by atoms with van der Waals surface area (Å²) in [5, 5.41) is 3.04. The van der Waals surface area contributed by atoms with Gasteiger partial charge in [-0.1, -0.05) is 39.5 Å². The Labute approximate surface area is 112 Å². The summed E-state index contributed by atoms with van der Waals surface area (Å²) in [6.45, 7) is 5.97. The minimum absolute atomic E-state index is 0.194. The van der Waals surface area contributed by atoms with Gasteiger partial charge in [-0.25, -0.2) is 0 Å². The molecule has 1 aliphatic rings. The van der Waals surface area contributed by atoms with Crippen LogP contribution in [0.2, 0.25) is 0 Å². The highest BCUT2D eigenvalue weighted by molar-refractivity contribution is 5.75. The van der Waals surface area contributed by atoms with Crippen molar-refractivity contribution in [1.82, 2.24) is 5.32 Å². The van der Waals surface area contributed by atoms with Crippen LogP contribution in [0.4, 0.5) is 0 Å². The second-order valence-corrected chi connectivity index (χ2v) is 6.14. The molecule has 1 aliphatic carbocycles. The number of nitrogens with two attached hydrogens (primary N) is 1. The minimum Gasteiger partial charge on any atom is -0.356 e. The van der Waals surface area contributed by atoms with Gasteiger partial charge < -0.3 is 11.1 Å². The zero-order chi connectivity index (χ0) is 13.4. The van der Waals surface area contributed by atoms with E-state index < -0.39 is 0 Å². The fourth-order valence-electron chi connectivity index (χ4n) is 2.62. The van der Waals surface area contributed by atoms with Crippen molar-refractivity contribution < 1.29 is 4.79 Å². The Hall–Kier alpha value is -0.570. The fourth-order valence-corrected chi connectivity index (χ4v) is 2.62. The Kier molecular flexibility index (Phi) is 7.33. The van der Waals surface area contributed by atoms with Gasteiger partial charge in [0.2, 0.25) is 5.91 Å². The van der Waals surface area contributed by atoms with E-state index in [4.69, 9.17) is 5.73 Å². The van der Waals surface area contributed by atoms with Crippen molar-refractivity contribution >= 4 is 5.91 Å². The number of nitrogens with one attached hydrogen (secondary N) is 1. The van der Waals surface area contributed by atoms with Crippen LogP contribution in [0, 0.1) is 17.8 Å². The Balaban J connectivity index is 2.01. The zero-order valence-corrected chi connectivity index (χ0v) is 12.1. The van der Waals surface area contributed by atoms with E-state index in [0.29, 0.717) is 18.9 Å². The van der Waals surface area contributed by atoms with E-state index in [-0.39, 0.29) is 5.91 Å². The predicted octanol–water partition coefficient (Wildman–Crippen LogP) is 2.69. The molecule has 0 aromatic carbocycles. The van der Waals surface area contributed by atoms with Gasteiger partial charge >= 0.3 is 0 Å². The highest BCUT2D eigenvalue weighted by Gasteiger charge is 2.17. The van der Waals surface area contributed by atoms with E-state index in [1.165, 1.54) is 25.7 Å². The lowest BCUT2D eigenvalue weighted by molar-refractivity contribution is -0.121. The SMILES string of the molecule is CC(CN)CCC(=O)NCCC1CCC(C)CC1. The first-order chi connectivity index (χ1) is 8.61. The topological polar surface area (TPSA) is 55.1 Å². The molecule has 3 N–H and O–H groups in total. The third-order valence-electron chi connectivity index (χ3n) is 4.28. The van der Waals surface area contributed by atoms with Crippen LogP contribution in [0.5, 0.6) is 0 Å². The van der Waals surface area contributed by atoms with Gasteiger partial charge in [0.15, 0.2) is 0 Å². The Morgan fingerprint density at radius 2 is 2.00 bits per heavy atom. The zero-order valence-electron chi connectivity index (χ0n) is 12.1. The molecule has 106 valence electrons. The van der Waals surface area contributed by atoms with Crippen LogP contribution < -0.4 is 11.1 Å². The highest BCUT2D eigenvalue weighted by Crippen LogP contribution is 2.29. The molecule has 0 aliphatic heterocycles. The van der Waals surface area contributed by atoms with Crippen LogP contribution in [0.1, 0.15) is 58.8 Å². The standard InChI is InChI=1S/C15H30N2O/c1-12-3-6-14(7-4-12)9-10-17-15(18)8-5-13(2)11-16/h12-14H,3-11,16H2,1-2H3,(H,17,18). The summed E-state index contributed by atoms with van der Waals surface area (Å²) in [6, 6.07) is 0. The summed E-state index contributed by atoms with van der Waals surface area (Å²) in [7, 11) is 0. The molecule has 0 heterocycles. The van der Waals surface area contributed by atoms with E-state index in [9.17, 15) is 4.79 Å². The molecule has 0 spiro atoms. The Bertz CT molecular complexity index is 235. The maximum Gasteiger partial charge on any atom is 0.220 e. The van der Waals surface area contributed by atoms with Gasteiger partial charge in [-0.05, 0) is 37.1 Å². The number of hydrogen-bond donors (Lipinski definition) is 2. The largest absolute Gasteiger partial charge is 0.356 e. The Morgan fingerprint density at radius 3 is 2.61 bits per heavy atom. The van der Waals surface area contributed by atoms with Gasteiger partial charge in [-0.15, -0.1) is 0 Å². The summed E-state index contributed by atoms with van der Waals surface area (Å²) in [6.07, 6.45) is 8.12. The summed E-state index contributed by atoms with van der Waals surface area (Å²) in [4.78, 5) is 11.6. The molecule has 1 rings (SSSR count). The van der Waals surface area contributed by atoms with Crippen molar-refractivity contribution in [2.45, 2.75) is 58.8 Å². The third kappa shape index (κ3) is 6.39. The maximum atomic E-state index is 11.6. The van der Waals surface area contributed by atoms with E-state index in [0.717, 1.165) is 31.2 Å². The van der Waals surface area contributed by atoms with Gasteiger partial charge in [-0.3, -0.25) is 4.79 Å².